The molecule has 0 spiro atoms. The molecule has 19 heavy (non-hydrogen) atoms. The Hall–Kier alpha value is -1.04. The number of carbonyl (C=O) groups is 1. The zero-order valence-corrected chi connectivity index (χ0v) is 13.5. The average Bonchev–Trinajstić information content (AvgIpc) is 2.33. The normalized spacial score (nSPS) is 13.7. The van der Waals surface area contributed by atoms with Crippen LogP contribution in [0.5, 0.6) is 0 Å². The van der Waals surface area contributed by atoms with E-state index in [-0.39, 0.29) is 11.3 Å². The van der Waals surface area contributed by atoms with Crippen molar-refractivity contribution in [3.8, 4) is 6.07 Å². The van der Waals surface area contributed by atoms with Crippen LogP contribution >= 0.6 is 0 Å². The molecular weight excluding hydrogens is 236 g/mol. The lowest BCUT2D eigenvalue weighted by atomic mass is 9.78. The molecule has 0 radical (unpaired) electrons. The van der Waals surface area contributed by atoms with E-state index < -0.39 is 5.41 Å². The van der Waals surface area contributed by atoms with E-state index in [1.807, 2.05) is 13.8 Å². The molecule has 110 valence electrons. The van der Waals surface area contributed by atoms with Gasteiger partial charge in [0.25, 0.3) is 0 Å². The summed E-state index contributed by atoms with van der Waals surface area (Å²) in [4.78, 5) is 12.4. The van der Waals surface area contributed by atoms with Crippen molar-refractivity contribution in [2.45, 2.75) is 67.2 Å². The quantitative estimate of drug-likeness (QED) is 0.760. The third-order valence-corrected chi connectivity index (χ3v) is 4.05. The molecule has 0 aromatic heterocycles. The van der Waals surface area contributed by atoms with Crippen molar-refractivity contribution in [3.63, 3.8) is 0 Å². The topological polar surface area (TPSA) is 52.9 Å². The molecule has 0 aliphatic carbocycles. The van der Waals surface area contributed by atoms with Crippen LogP contribution in [-0.4, -0.2) is 12.5 Å². The van der Waals surface area contributed by atoms with E-state index in [4.69, 9.17) is 0 Å². The van der Waals surface area contributed by atoms with E-state index in [1.165, 1.54) is 0 Å². The van der Waals surface area contributed by atoms with Gasteiger partial charge in [0.05, 0.1) is 6.07 Å². The Bertz CT molecular complexity index is 317. The Morgan fingerprint density at radius 2 is 1.68 bits per heavy atom. The van der Waals surface area contributed by atoms with Crippen LogP contribution in [0.3, 0.4) is 0 Å². The van der Waals surface area contributed by atoms with E-state index in [0.717, 1.165) is 12.8 Å². The van der Waals surface area contributed by atoms with Crippen molar-refractivity contribution in [2.24, 2.45) is 16.7 Å². The fourth-order valence-corrected chi connectivity index (χ4v) is 2.09. The third-order valence-electron chi connectivity index (χ3n) is 4.05. The van der Waals surface area contributed by atoms with Gasteiger partial charge in [-0.1, -0.05) is 54.4 Å². The number of hydrogen-bond acceptors (Lipinski definition) is 2. The summed E-state index contributed by atoms with van der Waals surface area (Å²) in [6, 6.07) is 2.27. The predicted octanol–water partition coefficient (Wildman–Crippen LogP) is 3.89. The number of hydrogen-bond donors (Lipinski definition) is 1. The molecular formula is C16H30N2O. The van der Waals surface area contributed by atoms with E-state index in [1.54, 1.807) is 0 Å². The summed E-state index contributed by atoms with van der Waals surface area (Å²) in [6.45, 7) is 13.3. The fourth-order valence-electron chi connectivity index (χ4n) is 2.09. The number of nitrogens with one attached hydrogen (secondary N) is 1. The summed E-state index contributed by atoms with van der Waals surface area (Å²) in [5.41, 5.74) is -0.667. The van der Waals surface area contributed by atoms with Gasteiger partial charge in [-0.05, 0) is 24.2 Å². The molecule has 3 heteroatoms. The number of nitrogens with zero attached hydrogens (tertiary/aromatic N) is 1. The molecule has 1 unspecified atom stereocenters. The zero-order valence-electron chi connectivity index (χ0n) is 13.5. The fraction of sp³-hybridized carbons (Fsp3) is 0.875. The first-order valence-electron chi connectivity index (χ1n) is 7.43. The van der Waals surface area contributed by atoms with Crippen molar-refractivity contribution in [2.75, 3.05) is 6.54 Å². The van der Waals surface area contributed by atoms with Gasteiger partial charge in [-0.25, -0.2) is 0 Å². The van der Waals surface area contributed by atoms with Crippen LogP contribution in [0.4, 0.5) is 0 Å². The Morgan fingerprint density at radius 1 is 1.21 bits per heavy atom. The molecule has 0 aromatic carbocycles. The lowest BCUT2D eigenvalue weighted by Crippen LogP contribution is -2.43. The Labute approximate surface area is 118 Å². The van der Waals surface area contributed by atoms with Crippen LogP contribution in [-0.2, 0) is 4.79 Å². The predicted molar refractivity (Wildman–Crippen MR) is 79.5 cm³/mol. The monoisotopic (exact) mass is 266 g/mol. The summed E-state index contributed by atoms with van der Waals surface area (Å²) in [5.74, 6) is 0.297. The number of amides is 1. The SMILES string of the molecule is CCCC(C#N)(CCC)C(=O)NCC(C)C(C)(C)C. The second kappa shape index (κ2) is 7.53. The van der Waals surface area contributed by atoms with Crippen molar-refractivity contribution < 1.29 is 4.79 Å². The molecule has 0 saturated carbocycles. The van der Waals surface area contributed by atoms with E-state index in [2.05, 4.69) is 39.1 Å². The van der Waals surface area contributed by atoms with Gasteiger partial charge >= 0.3 is 0 Å². The van der Waals surface area contributed by atoms with Gasteiger partial charge in [-0.15, -0.1) is 0 Å². The van der Waals surface area contributed by atoms with Crippen molar-refractivity contribution in [3.05, 3.63) is 0 Å². The highest BCUT2D eigenvalue weighted by Crippen LogP contribution is 2.30. The van der Waals surface area contributed by atoms with Crippen LogP contribution in [0.2, 0.25) is 0 Å². The minimum Gasteiger partial charge on any atom is -0.354 e. The summed E-state index contributed by atoms with van der Waals surface area (Å²) in [6.07, 6.45) is 3.01. The van der Waals surface area contributed by atoms with Gasteiger partial charge in [0.1, 0.15) is 5.41 Å². The summed E-state index contributed by atoms with van der Waals surface area (Å²) < 4.78 is 0. The highest BCUT2D eigenvalue weighted by atomic mass is 16.2. The maximum Gasteiger partial charge on any atom is 0.240 e. The molecule has 0 aliphatic heterocycles. The molecule has 0 bridgehead atoms. The van der Waals surface area contributed by atoms with Crippen LogP contribution in [0, 0.1) is 28.1 Å². The minimum absolute atomic E-state index is 0.0881. The van der Waals surface area contributed by atoms with Crippen LogP contribution in [0.25, 0.3) is 0 Å². The Balaban J connectivity index is 4.71. The van der Waals surface area contributed by atoms with Crippen molar-refractivity contribution in [1.29, 1.82) is 5.26 Å². The molecule has 1 atom stereocenters. The average molecular weight is 266 g/mol. The molecule has 0 aliphatic rings. The summed E-state index contributed by atoms with van der Waals surface area (Å²) >= 11 is 0. The van der Waals surface area contributed by atoms with Crippen LogP contribution in [0.15, 0.2) is 0 Å². The first-order chi connectivity index (χ1) is 8.73. The van der Waals surface area contributed by atoms with Crippen molar-refractivity contribution >= 4 is 5.91 Å². The third kappa shape index (κ3) is 5.22. The van der Waals surface area contributed by atoms with Gasteiger partial charge in [0.15, 0.2) is 0 Å². The molecule has 0 heterocycles. The zero-order chi connectivity index (χ0) is 15.1. The van der Waals surface area contributed by atoms with Gasteiger partial charge in [0.2, 0.25) is 5.91 Å². The van der Waals surface area contributed by atoms with Crippen LogP contribution in [0.1, 0.15) is 67.2 Å². The van der Waals surface area contributed by atoms with E-state index in [9.17, 15) is 10.1 Å². The first-order valence-corrected chi connectivity index (χ1v) is 7.43. The van der Waals surface area contributed by atoms with Crippen LogP contribution < -0.4 is 5.32 Å². The lowest BCUT2D eigenvalue weighted by molar-refractivity contribution is -0.129. The minimum atomic E-state index is -0.832. The van der Waals surface area contributed by atoms with Gasteiger partial charge in [-0.3, -0.25) is 4.79 Å². The van der Waals surface area contributed by atoms with E-state index >= 15 is 0 Å². The van der Waals surface area contributed by atoms with Gasteiger partial charge < -0.3 is 5.32 Å². The molecule has 1 amide bonds. The summed E-state index contributed by atoms with van der Waals surface area (Å²) in [7, 11) is 0. The first kappa shape index (κ1) is 18.0. The number of nitriles is 1. The Kier molecular flexibility index (Phi) is 7.11. The molecule has 3 nitrogen and oxygen atoms in total. The molecule has 1 N–H and O–H groups in total. The second-order valence-corrected chi connectivity index (χ2v) is 6.67. The van der Waals surface area contributed by atoms with Gasteiger partial charge in [-0.2, -0.15) is 5.26 Å². The molecule has 0 fully saturated rings. The molecule has 0 saturated heterocycles. The van der Waals surface area contributed by atoms with E-state index in [0.29, 0.717) is 25.3 Å². The number of rotatable bonds is 7. The second-order valence-electron chi connectivity index (χ2n) is 6.67. The lowest BCUT2D eigenvalue weighted by Gasteiger charge is -2.30. The number of carbonyl (C=O) groups excluding carboxylic acids is 1. The van der Waals surface area contributed by atoms with Crippen molar-refractivity contribution in [1.82, 2.24) is 5.32 Å². The maximum absolute atomic E-state index is 12.4. The largest absolute Gasteiger partial charge is 0.354 e. The molecule has 0 rings (SSSR count). The highest BCUT2D eigenvalue weighted by Gasteiger charge is 2.37. The molecule has 0 aromatic rings. The maximum atomic E-state index is 12.4. The summed E-state index contributed by atoms with van der Waals surface area (Å²) in [5, 5.41) is 12.4. The highest BCUT2D eigenvalue weighted by molar-refractivity contribution is 5.85. The Morgan fingerprint density at radius 3 is 2.00 bits per heavy atom. The van der Waals surface area contributed by atoms with Gasteiger partial charge in [0, 0.05) is 6.54 Å². The smallest absolute Gasteiger partial charge is 0.240 e. The standard InChI is InChI=1S/C16H30N2O/c1-7-9-16(12-17,10-8-2)14(19)18-11-13(3)15(4,5)6/h13H,7-11H2,1-6H3,(H,18,19).